The summed E-state index contributed by atoms with van der Waals surface area (Å²) < 4.78 is 24.7. The number of benzene rings is 1. The number of anilines is 2. The van der Waals surface area contributed by atoms with E-state index in [9.17, 15) is 13.2 Å². The lowest BCUT2D eigenvalue weighted by atomic mass is 10.1. The quantitative estimate of drug-likeness (QED) is 0.811. The molecule has 1 saturated carbocycles. The first kappa shape index (κ1) is 17.5. The van der Waals surface area contributed by atoms with Gasteiger partial charge in [-0.3, -0.25) is 9.52 Å². The summed E-state index contributed by atoms with van der Waals surface area (Å²) in [5.41, 5.74) is 2.32. The van der Waals surface area contributed by atoms with Crippen molar-refractivity contribution in [2.45, 2.75) is 27.7 Å². The third-order valence-corrected chi connectivity index (χ3v) is 4.77. The van der Waals surface area contributed by atoms with Crippen LogP contribution in [0.2, 0.25) is 0 Å². The van der Waals surface area contributed by atoms with E-state index in [1.54, 1.807) is 24.3 Å². The zero-order chi connectivity index (χ0) is 17.4. The number of carbonyl (C=O) groups is 1. The van der Waals surface area contributed by atoms with Gasteiger partial charge in [0.05, 0.1) is 12.2 Å². The van der Waals surface area contributed by atoms with Gasteiger partial charge >= 0.3 is 0 Å². The van der Waals surface area contributed by atoms with Gasteiger partial charge in [0.1, 0.15) is 0 Å². The lowest BCUT2D eigenvalue weighted by molar-refractivity contribution is -0.118. The van der Waals surface area contributed by atoms with Crippen LogP contribution in [0, 0.1) is 17.3 Å². The third-order valence-electron chi connectivity index (χ3n) is 4.16. The molecule has 5 nitrogen and oxygen atoms in total. The number of amides is 1. The monoisotopic (exact) mass is 336 g/mol. The Hall–Kier alpha value is -1.82. The Morgan fingerprint density at radius 2 is 1.65 bits per heavy atom. The molecule has 0 unspecified atom stereocenters. The Morgan fingerprint density at radius 3 is 2.13 bits per heavy atom. The lowest BCUT2D eigenvalue weighted by Crippen LogP contribution is -2.17. The summed E-state index contributed by atoms with van der Waals surface area (Å²) in [6.07, 6.45) is 3.25. The molecule has 126 valence electrons. The molecule has 23 heavy (non-hydrogen) atoms. The fourth-order valence-electron chi connectivity index (χ4n) is 2.90. The Labute approximate surface area is 138 Å². The fourth-order valence-corrected chi connectivity index (χ4v) is 3.47. The standard InChI is InChI=1S/C17H24N2O3S/c1-11(2)10-14-15(17(14,3)4)16(20)18-12-6-8-13(9-7-12)19-23(5,21)22/h6-10,14-15,19H,1-5H3,(H,18,20)/t14-,15-/m1/s1. The van der Waals surface area contributed by atoms with Crippen LogP contribution in [-0.2, 0) is 14.8 Å². The number of rotatable bonds is 5. The van der Waals surface area contributed by atoms with E-state index < -0.39 is 10.0 Å². The zero-order valence-corrected chi connectivity index (χ0v) is 15.0. The molecule has 6 heteroatoms. The Balaban J connectivity index is 2.03. The van der Waals surface area contributed by atoms with Crippen LogP contribution in [0.3, 0.4) is 0 Å². The van der Waals surface area contributed by atoms with Crippen LogP contribution in [0.1, 0.15) is 27.7 Å². The smallest absolute Gasteiger partial charge is 0.229 e. The number of nitrogens with one attached hydrogen (secondary N) is 2. The van der Waals surface area contributed by atoms with E-state index in [0.717, 1.165) is 6.26 Å². The molecule has 0 heterocycles. The van der Waals surface area contributed by atoms with Gasteiger partial charge in [-0.2, -0.15) is 0 Å². The highest BCUT2D eigenvalue weighted by molar-refractivity contribution is 7.92. The summed E-state index contributed by atoms with van der Waals surface area (Å²) in [6, 6.07) is 6.64. The molecule has 0 radical (unpaired) electrons. The molecule has 2 atom stereocenters. The first-order valence-corrected chi connectivity index (χ1v) is 9.43. The van der Waals surface area contributed by atoms with Crippen LogP contribution in [0.15, 0.2) is 35.9 Å². The van der Waals surface area contributed by atoms with Crippen LogP contribution < -0.4 is 10.0 Å². The van der Waals surface area contributed by atoms with Crippen molar-refractivity contribution in [1.82, 2.24) is 0 Å². The highest BCUT2D eigenvalue weighted by atomic mass is 32.2. The first-order valence-electron chi connectivity index (χ1n) is 7.54. The lowest BCUT2D eigenvalue weighted by Gasteiger charge is -2.08. The molecular formula is C17H24N2O3S. The van der Waals surface area contributed by atoms with Gasteiger partial charge in [-0.25, -0.2) is 8.42 Å². The highest BCUT2D eigenvalue weighted by Crippen LogP contribution is 2.59. The van der Waals surface area contributed by atoms with Crippen LogP contribution >= 0.6 is 0 Å². The molecule has 1 fully saturated rings. The molecule has 0 saturated heterocycles. The van der Waals surface area contributed by atoms with Gasteiger partial charge in [-0.15, -0.1) is 0 Å². The molecule has 1 aromatic rings. The number of sulfonamides is 1. The molecule has 0 aromatic heterocycles. The summed E-state index contributed by atoms with van der Waals surface area (Å²) in [5.74, 6) is 0.228. The van der Waals surface area contributed by atoms with Crippen molar-refractivity contribution < 1.29 is 13.2 Å². The molecule has 0 bridgehead atoms. The van der Waals surface area contributed by atoms with Gasteiger partial charge in [0.25, 0.3) is 0 Å². The van der Waals surface area contributed by atoms with Gasteiger partial charge in [0.15, 0.2) is 0 Å². The highest BCUT2D eigenvalue weighted by Gasteiger charge is 2.60. The van der Waals surface area contributed by atoms with Gasteiger partial charge in [0, 0.05) is 11.4 Å². The molecule has 0 aliphatic heterocycles. The topological polar surface area (TPSA) is 75.3 Å². The minimum atomic E-state index is -3.29. The largest absolute Gasteiger partial charge is 0.326 e. The van der Waals surface area contributed by atoms with Crippen LogP contribution in [0.5, 0.6) is 0 Å². The van der Waals surface area contributed by atoms with Crippen molar-refractivity contribution in [3.63, 3.8) is 0 Å². The maximum absolute atomic E-state index is 12.4. The van der Waals surface area contributed by atoms with Crippen LogP contribution in [-0.4, -0.2) is 20.6 Å². The Kier molecular flexibility index (Phi) is 4.57. The summed E-state index contributed by atoms with van der Waals surface area (Å²) in [4.78, 5) is 12.4. The molecular weight excluding hydrogens is 312 g/mol. The van der Waals surface area contributed by atoms with Gasteiger partial charge in [-0.1, -0.05) is 25.5 Å². The van der Waals surface area contributed by atoms with Gasteiger partial charge < -0.3 is 5.32 Å². The second kappa shape index (κ2) is 6.00. The third kappa shape index (κ3) is 4.34. The zero-order valence-electron chi connectivity index (χ0n) is 14.2. The van der Waals surface area contributed by atoms with Crippen molar-refractivity contribution in [2.75, 3.05) is 16.3 Å². The predicted octanol–water partition coefficient (Wildman–Crippen LogP) is 3.24. The second-order valence-electron chi connectivity index (χ2n) is 7.01. The van der Waals surface area contributed by atoms with Crippen molar-refractivity contribution in [2.24, 2.45) is 17.3 Å². The van der Waals surface area contributed by atoms with E-state index in [0.29, 0.717) is 11.4 Å². The fraction of sp³-hybridized carbons (Fsp3) is 0.471. The predicted molar refractivity (Wildman–Crippen MR) is 93.7 cm³/mol. The molecule has 1 aliphatic carbocycles. The number of hydrogen-bond donors (Lipinski definition) is 2. The van der Waals surface area contributed by atoms with Crippen LogP contribution in [0.4, 0.5) is 11.4 Å². The first-order chi connectivity index (χ1) is 10.5. The molecule has 2 rings (SSSR count). The Bertz CT molecular complexity index is 730. The maximum atomic E-state index is 12.4. The van der Waals surface area contributed by atoms with E-state index in [4.69, 9.17) is 0 Å². The summed E-state index contributed by atoms with van der Waals surface area (Å²) in [6.45, 7) is 8.27. The van der Waals surface area contributed by atoms with E-state index in [-0.39, 0.29) is 23.2 Å². The minimum Gasteiger partial charge on any atom is -0.326 e. The number of hydrogen-bond acceptors (Lipinski definition) is 3. The van der Waals surface area contributed by atoms with Crippen molar-refractivity contribution in [3.8, 4) is 0 Å². The summed E-state index contributed by atoms with van der Waals surface area (Å²) in [5, 5.41) is 2.91. The molecule has 0 spiro atoms. The molecule has 1 aromatic carbocycles. The molecule has 1 aliphatic rings. The van der Waals surface area contributed by atoms with Crippen molar-refractivity contribution >= 4 is 27.3 Å². The number of allylic oxidation sites excluding steroid dienone is 2. The Morgan fingerprint density at radius 1 is 1.13 bits per heavy atom. The van der Waals surface area contributed by atoms with E-state index in [2.05, 4.69) is 30.0 Å². The average molecular weight is 336 g/mol. The minimum absolute atomic E-state index is 0.00122. The summed E-state index contributed by atoms with van der Waals surface area (Å²) >= 11 is 0. The van der Waals surface area contributed by atoms with Gasteiger partial charge in [-0.05, 0) is 49.4 Å². The van der Waals surface area contributed by atoms with E-state index in [1.165, 1.54) is 5.57 Å². The van der Waals surface area contributed by atoms with Crippen molar-refractivity contribution in [1.29, 1.82) is 0 Å². The van der Waals surface area contributed by atoms with E-state index >= 15 is 0 Å². The molecule has 1 amide bonds. The average Bonchev–Trinajstić information content (AvgIpc) is 2.90. The maximum Gasteiger partial charge on any atom is 0.229 e. The summed E-state index contributed by atoms with van der Waals surface area (Å²) in [7, 11) is -3.29. The van der Waals surface area contributed by atoms with Gasteiger partial charge in [0.2, 0.25) is 15.9 Å². The van der Waals surface area contributed by atoms with Crippen LogP contribution in [0.25, 0.3) is 0 Å². The van der Waals surface area contributed by atoms with E-state index in [1.807, 2.05) is 13.8 Å². The van der Waals surface area contributed by atoms with Crippen molar-refractivity contribution in [3.05, 3.63) is 35.9 Å². The molecule has 2 N–H and O–H groups in total. The number of carbonyl (C=O) groups excluding carboxylic acids is 1. The SMILES string of the molecule is CC(C)=C[C@@H]1[C@H](C(=O)Nc2ccc(NS(C)(=O)=O)cc2)C1(C)C. The second-order valence-corrected chi connectivity index (χ2v) is 8.76. The normalized spacial score (nSPS) is 22.1.